The molecular formula is C22H27ClN2O4. The van der Waals surface area contributed by atoms with Crippen molar-refractivity contribution in [1.82, 2.24) is 10.9 Å². The Balaban J connectivity index is 1.81. The summed E-state index contributed by atoms with van der Waals surface area (Å²) in [5, 5.41) is 0.595. The van der Waals surface area contributed by atoms with Crippen LogP contribution in [0.5, 0.6) is 11.5 Å². The second-order valence-electron chi connectivity index (χ2n) is 6.61. The van der Waals surface area contributed by atoms with Crippen LogP contribution >= 0.6 is 11.6 Å². The normalized spacial score (nSPS) is 10.3. The first-order chi connectivity index (χ1) is 14.0. The number of carbonyl (C=O) groups excluding carboxylic acids is 2. The first-order valence-electron chi connectivity index (χ1n) is 9.71. The molecule has 7 heteroatoms. The highest BCUT2D eigenvalue weighted by Gasteiger charge is 2.13. The van der Waals surface area contributed by atoms with E-state index in [2.05, 4.69) is 17.8 Å². The maximum atomic E-state index is 12.4. The summed E-state index contributed by atoms with van der Waals surface area (Å²) >= 11 is 5.90. The molecule has 0 radical (unpaired) electrons. The highest BCUT2D eigenvalue weighted by molar-refractivity contribution is 6.30. The number of carbonyl (C=O) groups is 2. The van der Waals surface area contributed by atoms with E-state index in [4.69, 9.17) is 21.1 Å². The molecule has 2 rings (SSSR count). The van der Waals surface area contributed by atoms with Gasteiger partial charge in [0, 0.05) is 5.02 Å². The van der Waals surface area contributed by atoms with Crippen molar-refractivity contribution >= 4 is 23.4 Å². The van der Waals surface area contributed by atoms with Crippen molar-refractivity contribution in [3.8, 4) is 11.5 Å². The molecule has 0 saturated heterocycles. The molecule has 0 spiro atoms. The van der Waals surface area contributed by atoms with Crippen LogP contribution < -0.4 is 20.3 Å². The minimum absolute atomic E-state index is 0.238. The van der Waals surface area contributed by atoms with E-state index in [1.54, 1.807) is 42.5 Å². The number of halogens is 1. The summed E-state index contributed by atoms with van der Waals surface area (Å²) in [5.41, 5.74) is 5.92. The molecule has 0 aliphatic rings. The molecule has 0 aromatic heterocycles. The van der Waals surface area contributed by atoms with Crippen molar-refractivity contribution in [2.45, 2.75) is 39.5 Å². The van der Waals surface area contributed by atoms with Gasteiger partial charge >= 0.3 is 0 Å². The van der Waals surface area contributed by atoms with Crippen molar-refractivity contribution in [2.24, 2.45) is 0 Å². The van der Waals surface area contributed by atoms with Gasteiger partial charge in [0.1, 0.15) is 11.5 Å². The van der Waals surface area contributed by atoms with Gasteiger partial charge in [0.15, 0.2) is 6.61 Å². The van der Waals surface area contributed by atoms with E-state index in [0.717, 1.165) is 31.2 Å². The SMILES string of the molecule is CCCCCCOc1ccccc1C(=O)NNC(=O)COc1ccc(Cl)cc1C. The highest BCUT2D eigenvalue weighted by atomic mass is 35.5. The molecule has 0 atom stereocenters. The van der Waals surface area contributed by atoms with Gasteiger partial charge in [-0.1, -0.05) is 49.9 Å². The number of hydrogen-bond donors (Lipinski definition) is 2. The minimum Gasteiger partial charge on any atom is -0.493 e. The minimum atomic E-state index is -0.481. The van der Waals surface area contributed by atoms with Crippen molar-refractivity contribution in [3.63, 3.8) is 0 Å². The van der Waals surface area contributed by atoms with Gasteiger partial charge in [0.25, 0.3) is 11.8 Å². The van der Waals surface area contributed by atoms with Crippen LogP contribution in [0.2, 0.25) is 5.02 Å². The van der Waals surface area contributed by atoms with E-state index in [1.165, 1.54) is 0 Å². The largest absolute Gasteiger partial charge is 0.493 e. The van der Waals surface area contributed by atoms with Gasteiger partial charge in [0.05, 0.1) is 12.2 Å². The molecule has 2 N–H and O–H groups in total. The molecule has 0 saturated carbocycles. The number of amides is 2. The van der Waals surface area contributed by atoms with E-state index < -0.39 is 11.8 Å². The molecule has 156 valence electrons. The summed E-state index contributed by atoms with van der Waals surface area (Å²) in [5.74, 6) is 0.109. The van der Waals surface area contributed by atoms with Crippen molar-refractivity contribution < 1.29 is 19.1 Å². The highest BCUT2D eigenvalue weighted by Crippen LogP contribution is 2.21. The van der Waals surface area contributed by atoms with E-state index in [9.17, 15) is 9.59 Å². The predicted octanol–water partition coefficient (Wildman–Crippen LogP) is 4.45. The Hall–Kier alpha value is -2.73. The predicted molar refractivity (Wildman–Crippen MR) is 113 cm³/mol. The van der Waals surface area contributed by atoms with Crippen LogP contribution in [-0.4, -0.2) is 25.0 Å². The molecule has 0 aliphatic heterocycles. The van der Waals surface area contributed by atoms with Crippen LogP contribution in [0.25, 0.3) is 0 Å². The van der Waals surface area contributed by atoms with Gasteiger partial charge in [0.2, 0.25) is 0 Å². The number of para-hydroxylation sites is 1. The Labute approximate surface area is 176 Å². The fraction of sp³-hybridized carbons (Fsp3) is 0.364. The molecule has 0 unspecified atom stereocenters. The molecule has 29 heavy (non-hydrogen) atoms. The number of hydrazine groups is 1. The Kier molecular flexibility index (Phi) is 9.31. The molecule has 0 fully saturated rings. The average Bonchev–Trinajstić information content (AvgIpc) is 2.71. The maximum absolute atomic E-state index is 12.4. The molecule has 6 nitrogen and oxygen atoms in total. The Morgan fingerprint density at radius 2 is 1.76 bits per heavy atom. The van der Waals surface area contributed by atoms with Crippen LogP contribution in [0, 0.1) is 6.92 Å². The molecule has 2 aromatic carbocycles. The fourth-order valence-corrected chi connectivity index (χ4v) is 2.87. The molecule has 0 heterocycles. The number of hydrogen-bond acceptors (Lipinski definition) is 4. The smallest absolute Gasteiger partial charge is 0.276 e. The van der Waals surface area contributed by atoms with Gasteiger partial charge in [-0.2, -0.15) is 0 Å². The third-order valence-corrected chi connectivity index (χ3v) is 4.43. The van der Waals surface area contributed by atoms with E-state index in [1.807, 2.05) is 6.92 Å². The van der Waals surface area contributed by atoms with Crippen LogP contribution in [0.3, 0.4) is 0 Å². The third kappa shape index (κ3) is 7.66. The average molecular weight is 419 g/mol. The Morgan fingerprint density at radius 3 is 2.52 bits per heavy atom. The summed E-state index contributed by atoms with van der Waals surface area (Å²) in [7, 11) is 0. The Morgan fingerprint density at radius 1 is 0.966 bits per heavy atom. The first-order valence-corrected chi connectivity index (χ1v) is 10.1. The second kappa shape index (κ2) is 12.0. The number of unbranched alkanes of at least 4 members (excludes halogenated alkanes) is 3. The summed E-state index contributed by atoms with van der Waals surface area (Å²) < 4.78 is 11.2. The lowest BCUT2D eigenvalue weighted by Crippen LogP contribution is -2.44. The molecule has 2 amide bonds. The van der Waals surface area contributed by atoms with Crippen LogP contribution in [0.15, 0.2) is 42.5 Å². The number of aryl methyl sites for hydroxylation is 1. The lowest BCUT2D eigenvalue weighted by Gasteiger charge is -2.13. The quantitative estimate of drug-likeness (QED) is 0.441. The van der Waals surface area contributed by atoms with Gasteiger partial charge < -0.3 is 9.47 Å². The summed E-state index contributed by atoms with van der Waals surface area (Å²) in [6.45, 7) is 4.29. The lowest BCUT2D eigenvalue weighted by atomic mass is 10.2. The molecule has 0 bridgehead atoms. The standard InChI is InChI=1S/C22H27ClN2O4/c1-3-4-5-8-13-28-20-10-7-6-9-18(20)22(27)25-24-21(26)15-29-19-12-11-17(23)14-16(19)2/h6-7,9-12,14H,3-5,8,13,15H2,1-2H3,(H,24,26)(H,25,27). The Bertz CT molecular complexity index is 826. The van der Waals surface area contributed by atoms with E-state index in [0.29, 0.717) is 28.7 Å². The summed E-state index contributed by atoms with van der Waals surface area (Å²) in [6, 6.07) is 12.1. The van der Waals surface area contributed by atoms with Crippen LogP contribution in [0.4, 0.5) is 0 Å². The fourth-order valence-electron chi connectivity index (χ4n) is 2.64. The number of nitrogens with one attached hydrogen (secondary N) is 2. The topological polar surface area (TPSA) is 76.7 Å². The zero-order valence-electron chi connectivity index (χ0n) is 16.8. The third-order valence-electron chi connectivity index (χ3n) is 4.20. The molecule has 0 aliphatic carbocycles. The van der Waals surface area contributed by atoms with Gasteiger partial charge in [-0.25, -0.2) is 0 Å². The van der Waals surface area contributed by atoms with Gasteiger partial charge in [-0.15, -0.1) is 0 Å². The van der Waals surface area contributed by atoms with Gasteiger partial charge in [-0.3, -0.25) is 20.4 Å². The van der Waals surface area contributed by atoms with Crippen LogP contribution in [0.1, 0.15) is 48.5 Å². The zero-order valence-corrected chi connectivity index (χ0v) is 17.6. The monoisotopic (exact) mass is 418 g/mol. The van der Waals surface area contributed by atoms with E-state index >= 15 is 0 Å². The summed E-state index contributed by atoms with van der Waals surface area (Å²) in [6.07, 6.45) is 4.34. The van der Waals surface area contributed by atoms with Crippen LogP contribution in [-0.2, 0) is 4.79 Å². The maximum Gasteiger partial charge on any atom is 0.276 e. The second-order valence-corrected chi connectivity index (χ2v) is 7.04. The zero-order chi connectivity index (χ0) is 21.1. The number of ether oxygens (including phenoxy) is 2. The van der Waals surface area contributed by atoms with Crippen molar-refractivity contribution in [3.05, 3.63) is 58.6 Å². The van der Waals surface area contributed by atoms with Crippen molar-refractivity contribution in [1.29, 1.82) is 0 Å². The first kappa shape index (κ1) is 22.6. The van der Waals surface area contributed by atoms with E-state index in [-0.39, 0.29) is 6.61 Å². The van der Waals surface area contributed by atoms with Gasteiger partial charge in [-0.05, 0) is 49.2 Å². The number of benzene rings is 2. The molecular weight excluding hydrogens is 392 g/mol. The lowest BCUT2D eigenvalue weighted by molar-refractivity contribution is -0.123. The van der Waals surface area contributed by atoms with Crippen molar-refractivity contribution in [2.75, 3.05) is 13.2 Å². The molecule has 2 aromatic rings. The summed E-state index contributed by atoms with van der Waals surface area (Å²) in [4.78, 5) is 24.4. The number of rotatable bonds is 10.